The average Bonchev–Trinajstić information content (AvgIpc) is 2.92. The number of hydrazine groups is 1. The molecule has 19 heavy (non-hydrogen) atoms. The van der Waals surface area contributed by atoms with E-state index in [1.54, 1.807) is 6.20 Å². The van der Waals surface area contributed by atoms with Gasteiger partial charge in [-0.2, -0.15) is 0 Å². The van der Waals surface area contributed by atoms with Gasteiger partial charge in [0.1, 0.15) is 5.75 Å². The Bertz CT molecular complexity index is 585. The van der Waals surface area contributed by atoms with Crippen molar-refractivity contribution in [2.45, 2.75) is 19.9 Å². The Balaban J connectivity index is 1.97. The molecule has 1 aliphatic rings. The number of aromatic nitrogens is 2. The number of hydrogen-bond donors (Lipinski definition) is 2. The summed E-state index contributed by atoms with van der Waals surface area (Å²) in [6, 6.07) is 7.88. The van der Waals surface area contributed by atoms with E-state index < -0.39 is 0 Å². The van der Waals surface area contributed by atoms with Gasteiger partial charge in [0.25, 0.3) is 0 Å². The summed E-state index contributed by atoms with van der Waals surface area (Å²) in [4.78, 5) is 8.97. The van der Waals surface area contributed by atoms with Crippen LogP contribution in [0.25, 0.3) is 11.4 Å². The third kappa shape index (κ3) is 2.37. The largest absolute Gasteiger partial charge is 0.493 e. The van der Waals surface area contributed by atoms with Crippen LogP contribution in [-0.2, 0) is 6.54 Å². The fourth-order valence-corrected chi connectivity index (χ4v) is 2.00. The summed E-state index contributed by atoms with van der Waals surface area (Å²) >= 11 is 0. The van der Waals surface area contributed by atoms with Crippen LogP contribution < -0.4 is 15.6 Å². The van der Waals surface area contributed by atoms with Crippen molar-refractivity contribution in [1.29, 1.82) is 0 Å². The third-order valence-electron chi connectivity index (χ3n) is 2.94. The molecule has 1 aromatic carbocycles. The van der Waals surface area contributed by atoms with Gasteiger partial charge in [-0.05, 0) is 18.6 Å². The number of rotatable bonds is 4. The van der Waals surface area contributed by atoms with E-state index in [0.29, 0.717) is 19.0 Å². The predicted octanol–water partition coefficient (Wildman–Crippen LogP) is 2.36. The number of hydrogen-bond acceptors (Lipinski definition) is 5. The van der Waals surface area contributed by atoms with Gasteiger partial charge in [0.05, 0.1) is 36.3 Å². The molecular formula is C14H16N4O. The lowest BCUT2D eigenvalue weighted by molar-refractivity contribution is 0.318. The first-order valence-corrected chi connectivity index (χ1v) is 6.45. The molecule has 5 nitrogen and oxygen atoms in total. The first-order chi connectivity index (χ1) is 9.38. The topological polar surface area (TPSA) is 59.1 Å². The van der Waals surface area contributed by atoms with Gasteiger partial charge in [-0.25, -0.2) is 15.4 Å². The van der Waals surface area contributed by atoms with Gasteiger partial charge in [-0.3, -0.25) is 0 Å². The smallest absolute Gasteiger partial charge is 0.163 e. The number of anilines is 1. The van der Waals surface area contributed by atoms with E-state index >= 15 is 0 Å². The number of benzene rings is 1. The predicted molar refractivity (Wildman–Crippen MR) is 73.7 cm³/mol. The van der Waals surface area contributed by atoms with Gasteiger partial charge in [-0.15, -0.1) is 0 Å². The number of para-hydroxylation sites is 1. The molecular weight excluding hydrogens is 240 g/mol. The van der Waals surface area contributed by atoms with Gasteiger partial charge in [0.15, 0.2) is 5.82 Å². The van der Waals surface area contributed by atoms with Crippen LogP contribution in [-0.4, -0.2) is 16.6 Å². The maximum atomic E-state index is 5.75. The number of ether oxygens (including phenoxy) is 1. The standard InChI is InChI=1S/C14H16N4O/c1-2-7-19-13-6-4-3-5-10(13)14-15-8-12-11(17-14)9-16-18-12/h3-6,8,16,18H,2,7,9H2,1H3. The Morgan fingerprint density at radius 1 is 1.32 bits per heavy atom. The second kappa shape index (κ2) is 5.24. The highest BCUT2D eigenvalue weighted by Crippen LogP contribution is 2.29. The van der Waals surface area contributed by atoms with Gasteiger partial charge < -0.3 is 10.2 Å². The van der Waals surface area contributed by atoms with Crippen molar-refractivity contribution in [2.24, 2.45) is 0 Å². The van der Waals surface area contributed by atoms with E-state index in [-0.39, 0.29) is 0 Å². The third-order valence-corrected chi connectivity index (χ3v) is 2.94. The Kier molecular flexibility index (Phi) is 3.29. The summed E-state index contributed by atoms with van der Waals surface area (Å²) in [6.45, 7) is 3.50. The molecule has 5 heteroatoms. The van der Waals surface area contributed by atoms with Crippen LogP contribution in [0.4, 0.5) is 5.69 Å². The number of nitrogens with zero attached hydrogens (tertiary/aromatic N) is 2. The molecule has 0 amide bonds. The maximum absolute atomic E-state index is 5.75. The zero-order valence-electron chi connectivity index (χ0n) is 10.8. The Hall–Kier alpha value is -2.14. The summed E-state index contributed by atoms with van der Waals surface area (Å²) in [6.07, 6.45) is 2.78. The van der Waals surface area contributed by atoms with Crippen LogP contribution in [0.5, 0.6) is 5.75 Å². The lowest BCUT2D eigenvalue weighted by Crippen LogP contribution is -2.10. The van der Waals surface area contributed by atoms with E-state index in [9.17, 15) is 0 Å². The van der Waals surface area contributed by atoms with Crippen molar-refractivity contribution in [3.8, 4) is 17.1 Å². The molecule has 0 spiro atoms. The SMILES string of the molecule is CCCOc1ccccc1-c1ncc2c(n1)CNN2. The van der Waals surface area contributed by atoms with E-state index in [4.69, 9.17) is 4.74 Å². The minimum atomic E-state index is 0.699. The second-order valence-electron chi connectivity index (χ2n) is 4.38. The molecule has 0 saturated heterocycles. The molecule has 0 saturated carbocycles. The Morgan fingerprint density at radius 3 is 3.11 bits per heavy atom. The fourth-order valence-electron chi connectivity index (χ4n) is 2.00. The zero-order valence-corrected chi connectivity index (χ0v) is 10.8. The van der Waals surface area contributed by atoms with Crippen LogP contribution >= 0.6 is 0 Å². The van der Waals surface area contributed by atoms with Crippen molar-refractivity contribution in [2.75, 3.05) is 12.0 Å². The first kappa shape index (κ1) is 11.9. The van der Waals surface area contributed by atoms with E-state index in [1.165, 1.54) is 0 Å². The van der Waals surface area contributed by atoms with Crippen molar-refractivity contribution in [3.05, 3.63) is 36.2 Å². The minimum Gasteiger partial charge on any atom is -0.493 e. The number of nitrogens with one attached hydrogen (secondary N) is 2. The fraction of sp³-hybridized carbons (Fsp3) is 0.286. The monoisotopic (exact) mass is 256 g/mol. The van der Waals surface area contributed by atoms with E-state index in [2.05, 4.69) is 27.7 Å². The summed E-state index contributed by atoms with van der Waals surface area (Å²) in [5.41, 5.74) is 8.91. The molecule has 1 aliphatic heterocycles. The number of fused-ring (bicyclic) bond motifs is 1. The van der Waals surface area contributed by atoms with Gasteiger partial charge >= 0.3 is 0 Å². The lowest BCUT2D eigenvalue weighted by Gasteiger charge is -2.10. The van der Waals surface area contributed by atoms with Gasteiger partial charge in [-0.1, -0.05) is 19.1 Å². The van der Waals surface area contributed by atoms with E-state index in [0.717, 1.165) is 29.1 Å². The molecule has 0 radical (unpaired) electrons. The summed E-state index contributed by atoms with van der Waals surface area (Å²) in [5, 5.41) is 0. The molecule has 2 N–H and O–H groups in total. The summed E-state index contributed by atoms with van der Waals surface area (Å²) in [5.74, 6) is 1.54. The minimum absolute atomic E-state index is 0.699. The van der Waals surface area contributed by atoms with Crippen LogP contribution in [0.3, 0.4) is 0 Å². The van der Waals surface area contributed by atoms with Crippen LogP contribution in [0.15, 0.2) is 30.5 Å². The summed E-state index contributed by atoms with van der Waals surface area (Å²) in [7, 11) is 0. The van der Waals surface area contributed by atoms with Crippen molar-refractivity contribution < 1.29 is 4.74 Å². The highest BCUT2D eigenvalue weighted by Gasteiger charge is 2.15. The molecule has 0 bridgehead atoms. The lowest BCUT2D eigenvalue weighted by atomic mass is 10.2. The van der Waals surface area contributed by atoms with Gasteiger partial charge in [0.2, 0.25) is 0 Å². The first-order valence-electron chi connectivity index (χ1n) is 6.45. The highest BCUT2D eigenvalue weighted by atomic mass is 16.5. The molecule has 0 fully saturated rings. The molecule has 2 aromatic rings. The van der Waals surface area contributed by atoms with Crippen LogP contribution in [0.2, 0.25) is 0 Å². The molecule has 98 valence electrons. The Morgan fingerprint density at radius 2 is 2.21 bits per heavy atom. The quantitative estimate of drug-likeness (QED) is 0.879. The Labute approximate surface area is 112 Å². The molecule has 0 unspecified atom stereocenters. The van der Waals surface area contributed by atoms with Crippen molar-refractivity contribution >= 4 is 5.69 Å². The molecule has 3 rings (SSSR count). The molecule has 0 aliphatic carbocycles. The molecule has 0 atom stereocenters. The second-order valence-corrected chi connectivity index (χ2v) is 4.38. The van der Waals surface area contributed by atoms with Crippen LogP contribution in [0, 0.1) is 0 Å². The average molecular weight is 256 g/mol. The maximum Gasteiger partial charge on any atom is 0.163 e. The normalized spacial score (nSPS) is 12.9. The van der Waals surface area contributed by atoms with E-state index in [1.807, 2.05) is 24.3 Å². The van der Waals surface area contributed by atoms with Gasteiger partial charge in [0, 0.05) is 0 Å². The van der Waals surface area contributed by atoms with Crippen molar-refractivity contribution in [3.63, 3.8) is 0 Å². The van der Waals surface area contributed by atoms with Crippen LogP contribution in [0.1, 0.15) is 19.0 Å². The zero-order chi connectivity index (χ0) is 13.1. The molecule has 2 heterocycles. The highest BCUT2D eigenvalue weighted by molar-refractivity contribution is 5.65. The summed E-state index contributed by atoms with van der Waals surface area (Å²) < 4.78 is 5.75. The van der Waals surface area contributed by atoms with Crippen molar-refractivity contribution in [1.82, 2.24) is 15.4 Å². The molecule has 1 aromatic heterocycles.